The van der Waals surface area contributed by atoms with Crippen molar-refractivity contribution in [1.82, 2.24) is 0 Å². The van der Waals surface area contributed by atoms with Gasteiger partial charge in [0, 0.05) is 0 Å². The summed E-state index contributed by atoms with van der Waals surface area (Å²) in [5, 5.41) is 0. The fourth-order valence-corrected chi connectivity index (χ4v) is 5.41. The number of nitrogens with zero attached hydrogens (tertiary/aromatic N) is 1. The van der Waals surface area contributed by atoms with E-state index in [4.69, 9.17) is 0 Å². The van der Waals surface area contributed by atoms with Crippen molar-refractivity contribution in [2.75, 3.05) is 26.8 Å². The average Bonchev–Trinajstić information content (AvgIpc) is 2.06. The molecule has 1 nitrogen and oxygen atoms in total. The summed E-state index contributed by atoms with van der Waals surface area (Å²) in [6.45, 7) is 11.1. The second-order valence-electron chi connectivity index (χ2n) is 7.15. The monoisotopic (exact) mass is 244 g/mol. The molecule has 0 amide bonds. The van der Waals surface area contributed by atoms with E-state index in [1.165, 1.54) is 55.7 Å². The maximum Gasteiger partial charge on any atom is 0.110 e. The first-order chi connectivity index (χ1) is 7.27. The highest BCUT2D eigenvalue weighted by molar-refractivity contribution is 6.75. The van der Waals surface area contributed by atoms with Crippen LogP contribution in [0, 0.1) is 0 Å². The van der Waals surface area contributed by atoms with E-state index in [0.717, 1.165) is 0 Å². The number of rotatable bonds is 9. The molecule has 0 heterocycles. The van der Waals surface area contributed by atoms with E-state index in [0.29, 0.717) is 0 Å². The van der Waals surface area contributed by atoms with Gasteiger partial charge >= 0.3 is 0 Å². The van der Waals surface area contributed by atoms with Crippen molar-refractivity contribution in [2.24, 2.45) is 0 Å². The Kier molecular flexibility index (Phi) is 7.58. The van der Waals surface area contributed by atoms with Gasteiger partial charge in [-0.2, -0.15) is 0 Å². The molecule has 0 aromatic rings. The van der Waals surface area contributed by atoms with E-state index in [9.17, 15) is 0 Å². The van der Waals surface area contributed by atoms with Gasteiger partial charge < -0.3 is 4.48 Å². The molecule has 0 fully saturated rings. The SMILES string of the molecule is CCCCCCCC[N+](C)(C)C[Si](C)(C)C. The summed E-state index contributed by atoms with van der Waals surface area (Å²) in [5.41, 5.74) is 0. The zero-order valence-corrected chi connectivity index (χ0v) is 13.6. The van der Waals surface area contributed by atoms with Crippen LogP contribution in [-0.2, 0) is 0 Å². The van der Waals surface area contributed by atoms with Crippen LogP contribution in [0.3, 0.4) is 0 Å². The van der Waals surface area contributed by atoms with Crippen LogP contribution < -0.4 is 0 Å². The van der Waals surface area contributed by atoms with Gasteiger partial charge in [0.15, 0.2) is 0 Å². The molecular formula is C14H34NSi+. The highest BCUT2D eigenvalue weighted by Gasteiger charge is 2.25. The van der Waals surface area contributed by atoms with Gasteiger partial charge in [0.1, 0.15) is 8.07 Å². The maximum atomic E-state index is 2.48. The van der Waals surface area contributed by atoms with Gasteiger partial charge in [-0.25, -0.2) is 0 Å². The van der Waals surface area contributed by atoms with Crippen LogP contribution in [0.4, 0.5) is 0 Å². The molecule has 98 valence electrons. The molecule has 0 bridgehead atoms. The zero-order valence-electron chi connectivity index (χ0n) is 12.6. The van der Waals surface area contributed by atoms with Crippen LogP contribution in [0.15, 0.2) is 0 Å². The summed E-state index contributed by atoms with van der Waals surface area (Å²) >= 11 is 0. The Bertz CT molecular complexity index is 170. The Morgan fingerprint density at radius 3 is 1.81 bits per heavy atom. The van der Waals surface area contributed by atoms with Crippen molar-refractivity contribution in [3.8, 4) is 0 Å². The summed E-state index contributed by atoms with van der Waals surface area (Å²) in [6.07, 6.45) is 9.94. The number of quaternary nitrogens is 1. The largest absolute Gasteiger partial charge is 0.332 e. The van der Waals surface area contributed by atoms with Gasteiger partial charge in [0.2, 0.25) is 0 Å². The molecule has 0 aliphatic carbocycles. The molecule has 2 heteroatoms. The van der Waals surface area contributed by atoms with Gasteiger partial charge in [-0.1, -0.05) is 52.2 Å². The smallest absolute Gasteiger partial charge is 0.110 e. The predicted octanol–water partition coefficient (Wildman–Crippen LogP) is 4.30. The summed E-state index contributed by atoms with van der Waals surface area (Å²) in [5.74, 6) is 0. The molecule has 0 aromatic heterocycles. The van der Waals surface area contributed by atoms with Crippen LogP contribution in [0.5, 0.6) is 0 Å². The van der Waals surface area contributed by atoms with Gasteiger partial charge in [-0.15, -0.1) is 0 Å². The van der Waals surface area contributed by atoms with Gasteiger partial charge in [-0.05, 0) is 12.8 Å². The first kappa shape index (κ1) is 16.2. The lowest BCUT2D eigenvalue weighted by molar-refractivity contribution is -0.880. The lowest BCUT2D eigenvalue weighted by Gasteiger charge is -2.35. The topological polar surface area (TPSA) is 0 Å². The third kappa shape index (κ3) is 10.7. The fraction of sp³-hybridized carbons (Fsp3) is 1.00. The minimum atomic E-state index is -0.902. The lowest BCUT2D eigenvalue weighted by Crippen LogP contribution is -2.50. The zero-order chi connectivity index (χ0) is 12.7. The summed E-state index contributed by atoms with van der Waals surface area (Å²) in [7, 11) is 3.91. The molecular weight excluding hydrogens is 210 g/mol. The summed E-state index contributed by atoms with van der Waals surface area (Å²) in [6, 6.07) is 0. The molecule has 0 aromatic carbocycles. The Balaban J connectivity index is 3.58. The first-order valence-corrected chi connectivity index (χ1v) is 10.8. The summed E-state index contributed by atoms with van der Waals surface area (Å²) in [4.78, 5) is 0. The number of unbranched alkanes of at least 4 members (excludes halogenated alkanes) is 5. The molecule has 0 atom stereocenters. The molecule has 0 unspecified atom stereocenters. The van der Waals surface area contributed by atoms with Crippen LogP contribution in [-0.4, -0.2) is 39.4 Å². The van der Waals surface area contributed by atoms with Gasteiger partial charge in [-0.3, -0.25) is 0 Å². The predicted molar refractivity (Wildman–Crippen MR) is 78.6 cm³/mol. The van der Waals surface area contributed by atoms with Crippen molar-refractivity contribution >= 4 is 8.07 Å². The Morgan fingerprint density at radius 2 is 1.31 bits per heavy atom. The van der Waals surface area contributed by atoms with Crippen molar-refractivity contribution in [3.63, 3.8) is 0 Å². The molecule has 0 aliphatic heterocycles. The van der Waals surface area contributed by atoms with Crippen molar-refractivity contribution < 1.29 is 4.48 Å². The third-order valence-corrected chi connectivity index (χ3v) is 4.82. The number of hydrogen-bond donors (Lipinski definition) is 0. The van der Waals surface area contributed by atoms with E-state index in [2.05, 4.69) is 40.7 Å². The Morgan fingerprint density at radius 1 is 0.812 bits per heavy atom. The second kappa shape index (κ2) is 7.49. The van der Waals surface area contributed by atoms with Crippen LogP contribution >= 0.6 is 0 Å². The molecule has 0 N–H and O–H groups in total. The Hall–Kier alpha value is 0.177. The second-order valence-corrected chi connectivity index (χ2v) is 12.6. The maximum absolute atomic E-state index is 2.48. The van der Waals surface area contributed by atoms with Gasteiger partial charge in [0.05, 0.1) is 26.8 Å². The molecule has 0 radical (unpaired) electrons. The molecule has 0 saturated heterocycles. The average molecular weight is 245 g/mol. The fourth-order valence-electron chi connectivity index (χ4n) is 2.68. The quantitative estimate of drug-likeness (QED) is 0.322. The minimum Gasteiger partial charge on any atom is -0.332 e. The van der Waals surface area contributed by atoms with E-state index >= 15 is 0 Å². The van der Waals surface area contributed by atoms with Crippen molar-refractivity contribution in [2.45, 2.75) is 65.1 Å². The van der Waals surface area contributed by atoms with Crippen molar-refractivity contribution in [1.29, 1.82) is 0 Å². The third-order valence-electron chi connectivity index (χ3n) is 3.02. The van der Waals surface area contributed by atoms with E-state index < -0.39 is 8.07 Å². The van der Waals surface area contributed by atoms with E-state index in [1.54, 1.807) is 0 Å². The highest BCUT2D eigenvalue weighted by Crippen LogP contribution is 2.12. The van der Waals surface area contributed by atoms with E-state index in [1.807, 2.05) is 0 Å². The Labute approximate surface area is 105 Å². The summed E-state index contributed by atoms with van der Waals surface area (Å²) < 4.78 is 1.24. The van der Waals surface area contributed by atoms with Crippen LogP contribution in [0.1, 0.15) is 45.4 Å². The van der Waals surface area contributed by atoms with E-state index in [-0.39, 0.29) is 0 Å². The number of hydrogen-bond acceptors (Lipinski definition) is 0. The standard InChI is InChI=1S/C14H34NSi/c1-7-8-9-10-11-12-13-15(2,3)14-16(4,5)6/h7-14H2,1-6H3/q+1. The molecule has 0 spiro atoms. The van der Waals surface area contributed by atoms with Gasteiger partial charge in [0.25, 0.3) is 0 Å². The molecule has 0 saturated carbocycles. The van der Waals surface area contributed by atoms with Crippen molar-refractivity contribution in [3.05, 3.63) is 0 Å². The molecule has 0 aliphatic rings. The van der Waals surface area contributed by atoms with Crippen LogP contribution in [0.2, 0.25) is 19.6 Å². The minimum absolute atomic E-state index is 0.902. The highest BCUT2D eigenvalue weighted by atomic mass is 28.3. The first-order valence-electron chi connectivity index (χ1n) is 7.09. The molecule has 16 heavy (non-hydrogen) atoms. The lowest BCUT2D eigenvalue weighted by atomic mass is 10.1. The molecule has 0 rings (SSSR count). The van der Waals surface area contributed by atoms with Crippen LogP contribution in [0.25, 0.3) is 0 Å². The normalized spacial score (nSPS) is 13.1.